The fraction of sp³-hybridized carbons (Fsp3) is 0. The Hall–Kier alpha value is -1.45. The Morgan fingerprint density at radius 2 is 2.56 bits per heavy atom. The van der Waals surface area contributed by atoms with Gasteiger partial charge in [0, 0.05) is 6.20 Å². The van der Waals surface area contributed by atoms with Crippen molar-refractivity contribution in [3.8, 4) is 0 Å². The molecule has 0 bridgehead atoms. The zero-order chi connectivity index (χ0) is 6.69. The first kappa shape index (κ1) is 5.68. The summed E-state index contributed by atoms with van der Waals surface area (Å²) in [7, 11) is 0. The number of carbonyl (C=O) groups is 2. The highest BCUT2D eigenvalue weighted by Crippen LogP contribution is 1.89. The lowest BCUT2D eigenvalue weighted by Gasteiger charge is -1.79. The third kappa shape index (κ3) is 1.02. The van der Waals surface area contributed by atoms with Gasteiger partial charge in [-0.15, -0.1) is 0 Å². The number of Topliss-reactive ketones (excluding diaryl/α,β-unsaturated/α-hetero) is 1. The molecule has 1 aromatic rings. The molecule has 1 rings (SSSR count). The van der Waals surface area contributed by atoms with E-state index in [4.69, 9.17) is 0 Å². The SMILES string of the molecule is O=CC(=O)c1ccn[nH]1. The van der Waals surface area contributed by atoms with E-state index < -0.39 is 5.78 Å². The van der Waals surface area contributed by atoms with E-state index in [1.165, 1.54) is 12.3 Å². The number of aromatic nitrogens is 2. The van der Waals surface area contributed by atoms with E-state index in [9.17, 15) is 9.59 Å². The Kier molecular flexibility index (Phi) is 1.40. The summed E-state index contributed by atoms with van der Waals surface area (Å²) < 4.78 is 0. The molecule has 0 aliphatic carbocycles. The second-order valence-electron chi connectivity index (χ2n) is 1.45. The minimum absolute atomic E-state index is 0.227. The summed E-state index contributed by atoms with van der Waals surface area (Å²) in [4.78, 5) is 20.2. The third-order valence-electron chi connectivity index (χ3n) is 0.873. The van der Waals surface area contributed by atoms with Gasteiger partial charge in [-0.3, -0.25) is 14.7 Å². The van der Waals surface area contributed by atoms with E-state index in [1.54, 1.807) is 0 Å². The molecule has 0 radical (unpaired) electrons. The van der Waals surface area contributed by atoms with E-state index in [2.05, 4.69) is 10.2 Å². The van der Waals surface area contributed by atoms with Crippen molar-refractivity contribution >= 4 is 12.1 Å². The topological polar surface area (TPSA) is 62.8 Å². The summed E-state index contributed by atoms with van der Waals surface area (Å²) in [5.74, 6) is -0.576. The molecule has 0 fully saturated rings. The first-order chi connectivity index (χ1) is 4.34. The van der Waals surface area contributed by atoms with E-state index >= 15 is 0 Å². The van der Waals surface area contributed by atoms with Crippen LogP contribution in [0.25, 0.3) is 0 Å². The Balaban J connectivity index is 2.89. The first-order valence-corrected chi connectivity index (χ1v) is 2.33. The van der Waals surface area contributed by atoms with E-state index in [0.717, 1.165) is 0 Å². The highest BCUT2D eigenvalue weighted by Gasteiger charge is 2.02. The van der Waals surface area contributed by atoms with Crippen molar-refractivity contribution in [1.82, 2.24) is 10.2 Å². The molecule has 46 valence electrons. The largest absolute Gasteiger partial charge is 0.294 e. The van der Waals surface area contributed by atoms with E-state index in [1.807, 2.05) is 0 Å². The summed E-state index contributed by atoms with van der Waals surface area (Å²) in [5.41, 5.74) is 0.227. The van der Waals surface area contributed by atoms with Gasteiger partial charge in [0.1, 0.15) is 5.69 Å². The molecule has 1 heterocycles. The molecule has 4 nitrogen and oxygen atoms in total. The molecule has 4 heteroatoms. The molecule has 0 aliphatic heterocycles. The van der Waals surface area contributed by atoms with Crippen molar-refractivity contribution in [3.05, 3.63) is 18.0 Å². The minimum atomic E-state index is -0.576. The van der Waals surface area contributed by atoms with Gasteiger partial charge in [-0.1, -0.05) is 0 Å². The number of hydrogen-bond acceptors (Lipinski definition) is 3. The quantitative estimate of drug-likeness (QED) is 0.337. The zero-order valence-electron chi connectivity index (χ0n) is 4.50. The van der Waals surface area contributed by atoms with Crippen LogP contribution in [-0.4, -0.2) is 22.3 Å². The smallest absolute Gasteiger partial charge is 0.243 e. The second-order valence-corrected chi connectivity index (χ2v) is 1.45. The second kappa shape index (κ2) is 2.21. The van der Waals surface area contributed by atoms with Crippen molar-refractivity contribution in [2.45, 2.75) is 0 Å². The number of nitrogens with zero attached hydrogens (tertiary/aromatic N) is 1. The molecule has 0 spiro atoms. The molecular formula is C5H4N2O2. The molecule has 9 heavy (non-hydrogen) atoms. The van der Waals surface area contributed by atoms with Crippen molar-refractivity contribution in [2.75, 3.05) is 0 Å². The molecule has 0 aliphatic rings. The molecular weight excluding hydrogens is 120 g/mol. The van der Waals surface area contributed by atoms with Crippen molar-refractivity contribution in [2.24, 2.45) is 0 Å². The van der Waals surface area contributed by atoms with E-state index in [-0.39, 0.29) is 12.0 Å². The van der Waals surface area contributed by atoms with Gasteiger partial charge < -0.3 is 0 Å². The van der Waals surface area contributed by atoms with Crippen LogP contribution in [0.3, 0.4) is 0 Å². The van der Waals surface area contributed by atoms with Crippen molar-refractivity contribution in [1.29, 1.82) is 0 Å². The monoisotopic (exact) mass is 124 g/mol. The molecule has 0 unspecified atom stereocenters. The minimum Gasteiger partial charge on any atom is -0.294 e. The summed E-state index contributed by atoms with van der Waals surface area (Å²) in [6.07, 6.45) is 1.66. The number of hydrogen-bond donors (Lipinski definition) is 1. The van der Waals surface area contributed by atoms with Gasteiger partial charge in [0.25, 0.3) is 0 Å². The van der Waals surface area contributed by atoms with Crippen LogP contribution in [-0.2, 0) is 4.79 Å². The van der Waals surface area contributed by atoms with Crippen LogP contribution in [0.15, 0.2) is 12.3 Å². The number of ketones is 1. The molecule has 0 amide bonds. The number of aromatic amines is 1. The number of carbonyl (C=O) groups excluding carboxylic acids is 2. The Morgan fingerprint density at radius 3 is 3.00 bits per heavy atom. The maximum atomic E-state index is 10.4. The van der Waals surface area contributed by atoms with Crippen LogP contribution in [0.2, 0.25) is 0 Å². The average molecular weight is 124 g/mol. The van der Waals surface area contributed by atoms with Gasteiger partial charge in [-0.25, -0.2) is 0 Å². The van der Waals surface area contributed by atoms with Crippen LogP contribution in [0.1, 0.15) is 10.5 Å². The third-order valence-corrected chi connectivity index (χ3v) is 0.873. The summed E-state index contributed by atoms with van der Waals surface area (Å²) in [6.45, 7) is 0. The van der Waals surface area contributed by atoms with E-state index in [0.29, 0.717) is 0 Å². The predicted octanol–water partition coefficient (Wildman–Crippen LogP) is -0.209. The number of nitrogens with one attached hydrogen (secondary N) is 1. The average Bonchev–Trinajstić information content (AvgIpc) is 2.37. The van der Waals surface area contributed by atoms with Gasteiger partial charge in [-0.05, 0) is 6.07 Å². The predicted molar refractivity (Wildman–Crippen MR) is 29.0 cm³/mol. The lowest BCUT2D eigenvalue weighted by atomic mass is 10.3. The van der Waals surface area contributed by atoms with Crippen LogP contribution in [0.5, 0.6) is 0 Å². The number of H-pyrrole nitrogens is 1. The molecule has 1 aromatic heterocycles. The molecule has 0 atom stereocenters. The van der Waals surface area contributed by atoms with Gasteiger partial charge in [-0.2, -0.15) is 5.10 Å². The maximum Gasteiger partial charge on any atom is 0.243 e. The Morgan fingerprint density at radius 1 is 1.78 bits per heavy atom. The van der Waals surface area contributed by atoms with Crippen molar-refractivity contribution in [3.63, 3.8) is 0 Å². The first-order valence-electron chi connectivity index (χ1n) is 2.33. The number of rotatable bonds is 2. The highest BCUT2D eigenvalue weighted by atomic mass is 16.2. The molecule has 0 aromatic carbocycles. The van der Waals surface area contributed by atoms with Gasteiger partial charge in [0.2, 0.25) is 5.78 Å². The van der Waals surface area contributed by atoms with Gasteiger partial charge in [0.05, 0.1) is 0 Å². The van der Waals surface area contributed by atoms with Crippen LogP contribution >= 0.6 is 0 Å². The van der Waals surface area contributed by atoms with Crippen LogP contribution < -0.4 is 0 Å². The number of aldehydes is 1. The zero-order valence-corrected chi connectivity index (χ0v) is 4.50. The highest BCUT2D eigenvalue weighted by molar-refractivity contribution is 6.32. The maximum absolute atomic E-state index is 10.4. The van der Waals surface area contributed by atoms with Crippen LogP contribution in [0, 0.1) is 0 Å². The molecule has 1 N–H and O–H groups in total. The standard InChI is InChI=1S/C5H4N2O2/c8-3-5(9)4-1-2-6-7-4/h1-3H,(H,6,7). The lowest BCUT2D eigenvalue weighted by Crippen LogP contribution is -1.99. The molecule has 0 saturated heterocycles. The van der Waals surface area contributed by atoms with Crippen LogP contribution in [0.4, 0.5) is 0 Å². The normalized spacial score (nSPS) is 8.89. The van der Waals surface area contributed by atoms with Crippen molar-refractivity contribution < 1.29 is 9.59 Å². The lowest BCUT2D eigenvalue weighted by molar-refractivity contribution is -0.104. The summed E-state index contributed by atoms with van der Waals surface area (Å²) in [6, 6.07) is 1.44. The fourth-order valence-corrected chi connectivity index (χ4v) is 0.457. The summed E-state index contributed by atoms with van der Waals surface area (Å²) >= 11 is 0. The fourth-order valence-electron chi connectivity index (χ4n) is 0.457. The van der Waals surface area contributed by atoms with Gasteiger partial charge >= 0.3 is 0 Å². The Labute approximate surface area is 50.9 Å². The Bertz CT molecular complexity index is 215. The van der Waals surface area contributed by atoms with Gasteiger partial charge in [0.15, 0.2) is 6.29 Å². The summed E-state index contributed by atoms with van der Waals surface area (Å²) in [5, 5.41) is 5.84. The molecule has 0 saturated carbocycles.